The highest BCUT2D eigenvalue weighted by Crippen LogP contribution is 2.31. The summed E-state index contributed by atoms with van der Waals surface area (Å²) in [6, 6.07) is 15.5. The smallest absolute Gasteiger partial charge is 0.344 e. The number of hydrogen-bond acceptors (Lipinski definition) is 5. The van der Waals surface area contributed by atoms with Gasteiger partial charge in [-0.3, -0.25) is 4.57 Å². The monoisotopic (exact) mass is 402 g/mol. The second-order valence-electron chi connectivity index (χ2n) is 7.52. The normalized spacial score (nSPS) is 11.3. The van der Waals surface area contributed by atoms with E-state index in [1.165, 1.54) is 0 Å². The van der Waals surface area contributed by atoms with Crippen LogP contribution in [0.3, 0.4) is 0 Å². The first-order chi connectivity index (χ1) is 14.6. The summed E-state index contributed by atoms with van der Waals surface area (Å²) in [6.45, 7) is 4.53. The number of aryl methyl sites for hydroxylation is 1. The number of unbranched alkanes of at least 4 members (excludes halogenated alkanes) is 3. The van der Waals surface area contributed by atoms with Gasteiger partial charge in [-0.25, -0.2) is 14.8 Å². The van der Waals surface area contributed by atoms with Crippen molar-refractivity contribution in [1.29, 1.82) is 0 Å². The molecule has 0 fully saturated rings. The van der Waals surface area contributed by atoms with Crippen molar-refractivity contribution in [3.63, 3.8) is 0 Å². The Morgan fingerprint density at radius 3 is 2.53 bits per heavy atom. The highest BCUT2D eigenvalue weighted by molar-refractivity contribution is 6.09. The summed E-state index contributed by atoms with van der Waals surface area (Å²) in [5.41, 5.74) is 11.2. The van der Waals surface area contributed by atoms with Gasteiger partial charge in [0, 0.05) is 5.69 Å². The summed E-state index contributed by atoms with van der Waals surface area (Å²) >= 11 is 0. The van der Waals surface area contributed by atoms with Gasteiger partial charge in [-0.2, -0.15) is 0 Å². The van der Waals surface area contributed by atoms with E-state index < -0.39 is 5.97 Å². The summed E-state index contributed by atoms with van der Waals surface area (Å²) in [5.74, 6) is -0.158. The molecule has 0 radical (unpaired) electrons. The Labute approximate surface area is 175 Å². The minimum Gasteiger partial charge on any atom is -0.462 e. The zero-order valence-corrected chi connectivity index (χ0v) is 17.4. The molecule has 4 rings (SSSR count). The van der Waals surface area contributed by atoms with Crippen molar-refractivity contribution in [2.24, 2.45) is 0 Å². The predicted octanol–water partition coefficient (Wildman–Crippen LogP) is 5.20. The van der Waals surface area contributed by atoms with Gasteiger partial charge in [0.1, 0.15) is 16.9 Å². The molecule has 0 atom stereocenters. The van der Waals surface area contributed by atoms with Gasteiger partial charge in [0.15, 0.2) is 5.65 Å². The molecule has 6 nitrogen and oxygen atoms in total. The summed E-state index contributed by atoms with van der Waals surface area (Å²) in [7, 11) is 0. The molecule has 0 saturated carbocycles. The van der Waals surface area contributed by atoms with Crippen LogP contribution in [0.4, 0.5) is 5.82 Å². The first-order valence-corrected chi connectivity index (χ1v) is 10.4. The standard InChI is InChI=1S/C24H26N4O2/c1-3-4-5-8-14-30-24(29)20-21-23(27-19-13-7-6-12-18(19)26-21)28(22(20)25)17-11-9-10-16(2)15-17/h6-7,9-13,15H,3-5,8,14,25H2,1-2H3. The van der Waals surface area contributed by atoms with Gasteiger partial charge >= 0.3 is 5.97 Å². The van der Waals surface area contributed by atoms with Crippen molar-refractivity contribution in [2.45, 2.75) is 39.5 Å². The fourth-order valence-corrected chi connectivity index (χ4v) is 3.66. The Kier molecular flexibility index (Phi) is 5.65. The number of nitrogens with zero attached hydrogens (tertiary/aromatic N) is 3. The van der Waals surface area contributed by atoms with Crippen LogP contribution >= 0.6 is 0 Å². The molecule has 2 N–H and O–H groups in total. The van der Waals surface area contributed by atoms with Crippen molar-refractivity contribution >= 4 is 34.0 Å². The summed E-state index contributed by atoms with van der Waals surface area (Å²) in [5, 5.41) is 0. The molecule has 154 valence electrons. The fraction of sp³-hybridized carbons (Fsp3) is 0.292. The van der Waals surface area contributed by atoms with Crippen LogP contribution in [-0.4, -0.2) is 27.1 Å². The number of anilines is 1. The quantitative estimate of drug-likeness (QED) is 0.339. The number of carbonyl (C=O) groups is 1. The van der Waals surface area contributed by atoms with Crippen LogP contribution in [0.2, 0.25) is 0 Å². The van der Waals surface area contributed by atoms with Crippen molar-refractivity contribution in [2.75, 3.05) is 12.3 Å². The first kappa shape index (κ1) is 19.9. The molecule has 0 amide bonds. The van der Waals surface area contributed by atoms with Crippen LogP contribution in [0.5, 0.6) is 0 Å². The van der Waals surface area contributed by atoms with E-state index in [4.69, 9.17) is 20.4 Å². The minimum atomic E-state index is -0.454. The third kappa shape index (κ3) is 3.73. The zero-order chi connectivity index (χ0) is 21.1. The molecule has 4 aromatic rings. The number of fused-ring (bicyclic) bond motifs is 2. The Bertz CT molecular complexity index is 1210. The largest absolute Gasteiger partial charge is 0.462 e. The van der Waals surface area contributed by atoms with Gasteiger partial charge in [0.2, 0.25) is 0 Å². The lowest BCUT2D eigenvalue weighted by atomic mass is 10.2. The van der Waals surface area contributed by atoms with E-state index in [2.05, 4.69) is 6.92 Å². The number of ether oxygens (including phenoxy) is 1. The van der Waals surface area contributed by atoms with Gasteiger partial charge in [0.05, 0.1) is 17.6 Å². The van der Waals surface area contributed by atoms with Crippen molar-refractivity contribution in [1.82, 2.24) is 14.5 Å². The lowest BCUT2D eigenvalue weighted by Crippen LogP contribution is -2.10. The average Bonchev–Trinajstić information content (AvgIpc) is 3.02. The van der Waals surface area contributed by atoms with Crippen LogP contribution in [0.15, 0.2) is 48.5 Å². The molecule has 2 aromatic heterocycles. The van der Waals surface area contributed by atoms with E-state index in [1.807, 2.05) is 55.5 Å². The molecule has 2 aromatic carbocycles. The first-order valence-electron chi connectivity index (χ1n) is 10.4. The molecule has 30 heavy (non-hydrogen) atoms. The van der Waals surface area contributed by atoms with Gasteiger partial charge in [-0.15, -0.1) is 0 Å². The highest BCUT2D eigenvalue weighted by Gasteiger charge is 2.25. The summed E-state index contributed by atoms with van der Waals surface area (Å²) < 4.78 is 7.34. The van der Waals surface area contributed by atoms with Crippen molar-refractivity contribution in [3.8, 4) is 5.69 Å². The van der Waals surface area contributed by atoms with E-state index in [-0.39, 0.29) is 5.56 Å². The Morgan fingerprint density at radius 1 is 1.03 bits per heavy atom. The minimum absolute atomic E-state index is 0.278. The molecule has 0 aliphatic heterocycles. The van der Waals surface area contributed by atoms with Crippen LogP contribution in [0, 0.1) is 6.92 Å². The van der Waals surface area contributed by atoms with Crippen LogP contribution in [0.1, 0.15) is 48.5 Å². The van der Waals surface area contributed by atoms with E-state index in [0.717, 1.165) is 42.5 Å². The molecule has 6 heteroatoms. The molecular weight excluding hydrogens is 376 g/mol. The third-order valence-electron chi connectivity index (χ3n) is 5.19. The molecule has 0 aliphatic rings. The number of carbonyl (C=O) groups excluding carboxylic acids is 1. The Balaban J connectivity index is 1.84. The van der Waals surface area contributed by atoms with Crippen molar-refractivity contribution < 1.29 is 9.53 Å². The second-order valence-corrected chi connectivity index (χ2v) is 7.52. The van der Waals surface area contributed by atoms with Crippen LogP contribution < -0.4 is 5.73 Å². The van der Waals surface area contributed by atoms with Crippen LogP contribution in [-0.2, 0) is 4.74 Å². The van der Waals surface area contributed by atoms with Gasteiger partial charge in [-0.1, -0.05) is 50.5 Å². The van der Waals surface area contributed by atoms with Gasteiger partial charge in [-0.05, 0) is 43.2 Å². The SMILES string of the molecule is CCCCCCOC(=O)c1c(N)n(-c2cccc(C)c2)c2nc3ccccc3nc12. The van der Waals surface area contributed by atoms with E-state index in [1.54, 1.807) is 4.57 Å². The van der Waals surface area contributed by atoms with Crippen molar-refractivity contribution in [3.05, 3.63) is 59.7 Å². The van der Waals surface area contributed by atoms with Gasteiger partial charge < -0.3 is 10.5 Å². The van der Waals surface area contributed by atoms with Gasteiger partial charge in [0.25, 0.3) is 0 Å². The highest BCUT2D eigenvalue weighted by atomic mass is 16.5. The maximum absolute atomic E-state index is 13.0. The number of rotatable bonds is 7. The topological polar surface area (TPSA) is 83.0 Å². The number of benzene rings is 2. The molecule has 0 unspecified atom stereocenters. The number of nitrogen functional groups attached to an aromatic ring is 1. The second kappa shape index (κ2) is 8.53. The Hall–Kier alpha value is -3.41. The molecule has 0 aliphatic carbocycles. The average molecular weight is 402 g/mol. The number of nitrogens with two attached hydrogens (primary N) is 1. The number of para-hydroxylation sites is 2. The molecule has 0 saturated heterocycles. The summed E-state index contributed by atoms with van der Waals surface area (Å²) in [6.07, 6.45) is 4.14. The predicted molar refractivity (Wildman–Crippen MR) is 120 cm³/mol. The summed E-state index contributed by atoms with van der Waals surface area (Å²) in [4.78, 5) is 22.5. The zero-order valence-electron chi connectivity index (χ0n) is 17.4. The van der Waals surface area contributed by atoms with E-state index in [9.17, 15) is 4.79 Å². The molecule has 0 bridgehead atoms. The molecule has 0 spiro atoms. The fourth-order valence-electron chi connectivity index (χ4n) is 3.66. The number of aromatic nitrogens is 3. The molecular formula is C24H26N4O2. The maximum atomic E-state index is 13.0. The lowest BCUT2D eigenvalue weighted by Gasteiger charge is -2.09. The van der Waals surface area contributed by atoms with Crippen LogP contribution in [0.25, 0.3) is 27.9 Å². The number of esters is 1. The van der Waals surface area contributed by atoms with E-state index in [0.29, 0.717) is 29.1 Å². The third-order valence-corrected chi connectivity index (χ3v) is 5.19. The van der Waals surface area contributed by atoms with E-state index >= 15 is 0 Å². The maximum Gasteiger partial charge on any atom is 0.344 e. The lowest BCUT2D eigenvalue weighted by molar-refractivity contribution is 0.0501. The Morgan fingerprint density at radius 2 is 1.80 bits per heavy atom. The molecule has 2 heterocycles. The number of hydrogen-bond donors (Lipinski definition) is 1.